The average molecular weight is 346 g/mol. The van der Waals surface area contributed by atoms with Crippen LogP contribution in [0.3, 0.4) is 0 Å². The zero-order valence-electron chi connectivity index (χ0n) is 13.0. The van der Waals surface area contributed by atoms with Gasteiger partial charge in [-0.1, -0.05) is 0 Å². The maximum Gasteiger partial charge on any atom is 0.244 e. The van der Waals surface area contributed by atoms with Crippen LogP contribution in [-0.4, -0.2) is 38.7 Å². The lowest BCUT2D eigenvalue weighted by Crippen LogP contribution is -2.43. The lowest BCUT2D eigenvalue weighted by atomic mass is 10.1. The molecule has 3 aromatic rings. The monoisotopic (exact) mass is 346 g/mol. The van der Waals surface area contributed by atoms with E-state index in [4.69, 9.17) is 0 Å². The molecule has 0 spiro atoms. The highest BCUT2D eigenvalue weighted by Gasteiger charge is 2.21. The Morgan fingerprint density at radius 1 is 1.04 bits per heavy atom. The molecule has 2 aromatic heterocycles. The third-order valence-electron chi connectivity index (χ3n) is 4.31. The number of nitrogens with zero attached hydrogens (tertiary/aromatic N) is 4. The summed E-state index contributed by atoms with van der Waals surface area (Å²) in [4.78, 5) is 18.1. The minimum atomic E-state index is -1.51. The number of pyridine rings is 1. The van der Waals surface area contributed by atoms with Crippen molar-refractivity contribution in [3.05, 3.63) is 48.0 Å². The summed E-state index contributed by atoms with van der Waals surface area (Å²) in [5.41, 5.74) is 1.69. The molecule has 25 heavy (non-hydrogen) atoms. The van der Waals surface area contributed by atoms with Gasteiger partial charge in [-0.25, -0.2) is 13.2 Å². The molecule has 3 heterocycles. The molecule has 4 rings (SSSR count). The second kappa shape index (κ2) is 5.87. The van der Waals surface area contributed by atoms with Crippen LogP contribution in [0.15, 0.2) is 30.6 Å². The number of fused-ring (bicyclic) bond motifs is 1. The van der Waals surface area contributed by atoms with Gasteiger partial charge < -0.3 is 4.90 Å². The van der Waals surface area contributed by atoms with Gasteiger partial charge in [0.25, 0.3) is 0 Å². The Kier molecular flexibility index (Phi) is 3.67. The smallest absolute Gasteiger partial charge is 0.244 e. The van der Waals surface area contributed by atoms with Crippen LogP contribution in [0, 0.1) is 17.5 Å². The van der Waals surface area contributed by atoms with Gasteiger partial charge in [-0.15, -0.1) is 0 Å². The van der Waals surface area contributed by atoms with Crippen molar-refractivity contribution in [2.24, 2.45) is 0 Å². The number of rotatable bonds is 3. The molecule has 1 amide bonds. The first kappa shape index (κ1) is 15.6. The first-order chi connectivity index (χ1) is 12.0. The Balaban J connectivity index is 1.72. The number of likely N-dealkylation sites (tertiary alicyclic amines) is 1. The molecule has 128 valence electrons. The predicted octanol–water partition coefficient (Wildman–Crippen LogP) is 2.75. The van der Waals surface area contributed by atoms with Crippen molar-refractivity contribution >= 4 is 16.9 Å². The van der Waals surface area contributed by atoms with Gasteiger partial charge in [0.2, 0.25) is 5.91 Å². The Morgan fingerprint density at radius 2 is 1.76 bits per heavy atom. The Hall–Kier alpha value is -2.90. The number of hydrogen-bond acceptors (Lipinski definition) is 3. The van der Waals surface area contributed by atoms with Crippen LogP contribution in [0.25, 0.3) is 22.2 Å². The van der Waals surface area contributed by atoms with Gasteiger partial charge in [-0.2, -0.15) is 5.10 Å². The quantitative estimate of drug-likeness (QED) is 0.685. The Bertz CT molecular complexity index is 958. The normalized spacial score (nSPS) is 14.0. The summed E-state index contributed by atoms with van der Waals surface area (Å²) >= 11 is 0. The van der Waals surface area contributed by atoms with Crippen molar-refractivity contribution in [3.8, 4) is 11.1 Å². The molecule has 0 saturated carbocycles. The van der Waals surface area contributed by atoms with E-state index in [1.807, 2.05) is 0 Å². The van der Waals surface area contributed by atoms with E-state index in [0.717, 1.165) is 31.6 Å². The van der Waals surface area contributed by atoms with Gasteiger partial charge in [0.05, 0.1) is 11.7 Å². The highest BCUT2D eigenvalue weighted by atomic mass is 19.2. The van der Waals surface area contributed by atoms with Crippen molar-refractivity contribution in [2.45, 2.75) is 13.0 Å². The van der Waals surface area contributed by atoms with E-state index in [-0.39, 0.29) is 18.0 Å². The Morgan fingerprint density at radius 3 is 2.40 bits per heavy atom. The highest BCUT2D eigenvalue weighted by Crippen LogP contribution is 2.26. The van der Waals surface area contributed by atoms with Gasteiger partial charge in [0.15, 0.2) is 17.5 Å². The van der Waals surface area contributed by atoms with E-state index in [1.165, 1.54) is 17.1 Å². The largest absolute Gasteiger partial charge is 0.341 e. The summed E-state index contributed by atoms with van der Waals surface area (Å²) in [6, 6.07) is 3.45. The van der Waals surface area contributed by atoms with E-state index >= 15 is 0 Å². The molecular weight excluding hydrogens is 333 g/mol. The molecular formula is C17H13F3N4O. The number of halogens is 3. The van der Waals surface area contributed by atoms with E-state index in [9.17, 15) is 18.0 Å². The molecule has 0 radical (unpaired) electrons. The number of carbonyl (C=O) groups excluding carboxylic acids is 1. The second-order valence-corrected chi connectivity index (χ2v) is 5.92. The number of benzene rings is 1. The highest BCUT2D eigenvalue weighted by molar-refractivity contribution is 5.83. The predicted molar refractivity (Wildman–Crippen MR) is 84.0 cm³/mol. The van der Waals surface area contributed by atoms with Crippen molar-refractivity contribution < 1.29 is 18.0 Å². The second-order valence-electron chi connectivity index (χ2n) is 5.92. The van der Waals surface area contributed by atoms with Crippen molar-refractivity contribution in [1.29, 1.82) is 0 Å². The number of carbonyl (C=O) groups is 1. The first-order valence-corrected chi connectivity index (χ1v) is 7.77. The number of hydrogen-bond donors (Lipinski definition) is 0. The van der Waals surface area contributed by atoms with Gasteiger partial charge in [0, 0.05) is 24.8 Å². The maximum atomic E-state index is 13.5. The molecule has 8 heteroatoms. The van der Waals surface area contributed by atoms with Crippen molar-refractivity contribution in [1.82, 2.24) is 19.7 Å². The van der Waals surface area contributed by atoms with E-state index in [1.54, 1.807) is 11.0 Å². The third-order valence-corrected chi connectivity index (χ3v) is 4.31. The molecule has 1 aromatic carbocycles. The van der Waals surface area contributed by atoms with E-state index in [0.29, 0.717) is 16.6 Å². The van der Waals surface area contributed by atoms with Gasteiger partial charge in [0.1, 0.15) is 12.1 Å². The SMILES string of the molecule is O=C(Cn1ncc2ncc(-c3cc(F)c(F)c(F)c3)cc21)N1CCC1. The molecule has 1 saturated heterocycles. The van der Waals surface area contributed by atoms with Crippen LogP contribution in [0.1, 0.15) is 6.42 Å². The minimum absolute atomic E-state index is 0.0412. The summed E-state index contributed by atoms with van der Waals surface area (Å²) in [5.74, 6) is -4.09. The zero-order chi connectivity index (χ0) is 17.6. The van der Waals surface area contributed by atoms with Crippen LogP contribution >= 0.6 is 0 Å². The topological polar surface area (TPSA) is 51.0 Å². The molecule has 0 atom stereocenters. The number of aromatic nitrogens is 3. The molecule has 0 N–H and O–H groups in total. The summed E-state index contributed by atoms with van der Waals surface area (Å²) in [6.07, 6.45) is 3.95. The molecule has 1 aliphatic heterocycles. The van der Waals surface area contributed by atoms with Crippen molar-refractivity contribution in [3.63, 3.8) is 0 Å². The van der Waals surface area contributed by atoms with Crippen LogP contribution in [-0.2, 0) is 11.3 Å². The fraction of sp³-hybridized carbons (Fsp3) is 0.235. The molecule has 0 bridgehead atoms. The summed E-state index contributed by atoms with van der Waals surface area (Å²) in [7, 11) is 0. The average Bonchev–Trinajstić information content (AvgIpc) is 2.92. The standard InChI is InChI=1S/C17H13F3N4O/c18-12-4-10(5-13(19)17(12)20)11-6-15-14(21-7-11)8-22-24(15)9-16(25)23-2-1-3-23/h4-8H,1-3,9H2. The molecule has 1 fully saturated rings. The molecule has 0 aliphatic carbocycles. The summed E-state index contributed by atoms with van der Waals surface area (Å²) in [5, 5.41) is 4.16. The summed E-state index contributed by atoms with van der Waals surface area (Å²) in [6.45, 7) is 1.56. The van der Waals surface area contributed by atoms with Gasteiger partial charge in [-0.3, -0.25) is 14.5 Å². The van der Waals surface area contributed by atoms with Gasteiger partial charge in [-0.05, 0) is 30.2 Å². The zero-order valence-corrected chi connectivity index (χ0v) is 13.0. The molecule has 0 unspecified atom stereocenters. The lowest BCUT2D eigenvalue weighted by molar-refractivity contribution is -0.135. The van der Waals surface area contributed by atoms with Crippen LogP contribution in [0.4, 0.5) is 13.2 Å². The van der Waals surface area contributed by atoms with Crippen molar-refractivity contribution in [2.75, 3.05) is 13.1 Å². The maximum absolute atomic E-state index is 13.5. The summed E-state index contributed by atoms with van der Waals surface area (Å²) < 4.78 is 41.6. The molecule has 5 nitrogen and oxygen atoms in total. The van der Waals surface area contributed by atoms with Gasteiger partial charge >= 0.3 is 0 Å². The number of amides is 1. The van der Waals surface area contributed by atoms with Crippen LogP contribution < -0.4 is 0 Å². The van der Waals surface area contributed by atoms with E-state index < -0.39 is 17.5 Å². The fourth-order valence-corrected chi connectivity index (χ4v) is 2.76. The third kappa shape index (κ3) is 2.73. The fourth-order valence-electron chi connectivity index (χ4n) is 2.76. The lowest BCUT2D eigenvalue weighted by Gasteiger charge is -2.30. The van der Waals surface area contributed by atoms with Crippen LogP contribution in [0.2, 0.25) is 0 Å². The minimum Gasteiger partial charge on any atom is -0.341 e. The Labute approximate surface area is 140 Å². The van der Waals surface area contributed by atoms with E-state index in [2.05, 4.69) is 10.1 Å². The molecule has 1 aliphatic rings. The van der Waals surface area contributed by atoms with Crippen LogP contribution in [0.5, 0.6) is 0 Å². The first-order valence-electron chi connectivity index (χ1n) is 7.77.